The second-order valence-corrected chi connectivity index (χ2v) is 7.23. The molecule has 4 rings (SSSR count). The number of aromatic nitrogens is 4. The van der Waals surface area contributed by atoms with E-state index in [1.165, 1.54) is 12.1 Å². The van der Waals surface area contributed by atoms with Crippen LogP contribution < -0.4 is 10.1 Å². The summed E-state index contributed by atoms with van der Waals surface area (Å²) in [6, 6.07) is 8.96. The maximum absolute atomic E-state index is 13.4. The number of imidazole rings is 1. The molecular weight excluding hydrogens is 357 g/mol. The fraction of sp³-hybridized carbons (Fsp3) is 0.381. The Hall–Kier alpha value is -2.80. The number of halogens is 1. The summed E-state index contributed by atoms with van der Waals surface area (Å²) < 4.78 is 21.3. The number of ether oxygens (including phenoxy) is 1. The second kappa shape index (κ2) is 8.06. The molecule has 6 nitrogen and oxygen atoms in total. The van der Waals surface area contributed by atoms with E-state index in [2.05, 4.69) is 24.8 Å². The Morgan fingerprint density at radius 3 is 2.57 bits per heavy atom. The van der Waals surface area contributed by atoms with Crippen LogP contribution in [0, 0.1) is 5.82 Å². The molecule has 1 fully saturated rings. The molecule has 1 aromatic carbocycles. The first-order valence-electron chi connectivity index (χ1n) is 9.65. The zero-order valence-electron chi connectivity index (χ0n) is 16.1. The second-order valence-electron chi connectivity index (χ2n) is 7.23. The lowest BCUT2D eigenvalue weighted by Gasteiger charge is -2.25. The summed E-state index contributed by atoms with van der Waals surface area (Å²) in [7, 11) is 0. The van der Waals surface area contributed by atoms with Crippen molar-refractivity contribution in [3.05, 3.63) is 48.7 Å². The quantitative estimate of drug-likeness (QED) is 0.727. The monoisotopic (exact) mass is 381 g/mol. The molecule has 3 aromatic rings. The lowest BCUT2D eigenvalue weighted by molar-refractivity contribution is 0.222. The van der Waals surface area contributed by atoms with Gasteiger partial charge in [0.15, 0.2) is 0 Å². The van der Waals surface area contributed by atoms with Gasteiger partial charge in [0.2, 0.25) is 0 Å². The van der Waals surface area contributed by atoms with Crippen molar-refractivity contribution in [1.82, 2.24) is 24.8 Å². The summed E-state index contributed by atoms with van der Waals surface area (Å²) in [5.41, 5.74) is 3.30. The average Bonchev–Trinajstić information content (AvgIpc) is 3.14. The minimum absolute atomic E-state index is 0.0128. The Bertz CT molecular complexity index is 932. The highest BCUT2D eigenvalue weighted by atomic mass is 19.1. The molecule has 0 unspecified atom stereocenters. The molecule has 0 radical (unpaired) electrons. The number of nitrogens with one attached hydrogen (secondary N) is 1. The number of hydrogen-bond donors (Lipinski definition) is 1. The van der Waals surface area contributed by atoms with Gasteiger partial charge in [0.1, 0.15) is 5.82 Å². The van der Waals surface area contributed by atoms with Gasteiger partial charge in [0, 0.05) is 17.8 Å². The van der Waals surface area contributed by atoms with Crippen LogP contribution >= 0.6 is 0 Å². The van der Waals surface area contributed by atoms with Crippen LogP contribution in [-0.2, 0) is 0 Å². The van der Waals surface area contributed by atoms with Crippen molar-refractivity contribution in [3.63, 3.8) is 0 Å². The first-order valence-corrected chi connectivity index (χ1v) is 9.65. The molecule has 0 spiro atoms. The van der Waals surface area contributed by atoms with Crippen molar-refractivity contribution in [2.45, 2.75) is 38.8 Å². The Labute approximate surface area is 163 Å². The largest absolute Gasteiger partial charge is 0.461 e. The Morgan fingerprint density at radius 2 is 1.86 bits per heavy atom. The van der Waals surface area contributed by atoms with Crippen molar-refractivity contribution in [2.75, 3.05) is 13.1 Å². The third-order valence-electron chi connectivity index (χ3n) is 4.83. The number of benzene rings is 1. The van der Waals surface area contributed by atoms with Gasteiger partial charge in [-0.05, 0) is 70.1 Å². The van der Waals surface area contributed by atoms with Crippen molar-refractivity contribution >= 4 is 0 Å². The molecule has 0 aliphatic carbocycles. The van der Waals surface area contributed by atoms with Crippen molar-refractivity contribution < 1.29 is 9.13 Å². The van der Waals surface area contributed by atoms with E-state index in [9.17, 15) is 4.39 Å². The third kappa shape index (κ3) is 3.89. The summed E-state index contributed by atoms with van der Waals surface area (Å²) in [6.45, 7) is 5.83. The fourth-order valence-corrected chi connectivity index (χ4v) is 3.54. The maximum Gasteiger partial charge on any atom is 0.317 e. The summed E-state index contributed by atoms with van der Waals surface area (Å²) in [5.74, 6) is -0.266. The first-order chi connectivity index (χ1) is 13.6. The van der Waals surface area contributed by atoms with Crippen LogP contribution in [0.15, 0.2) is 42.9 Å². The predicted octanol–water partition coefficient (Wildman–Crippen LogP) is 3.86. The van der Waals surface area contributed by atoms with Gasteiger partial charge in [-0.15, -0.1) is 0 Å². The van der Waals surface area contributed by atoms with Gasteiger partial charge in [-0.3, -0.25) is 0 Å². The summed E-state index contributed by atoms with van der Waals surface area (Å²) >= 11 is 0. The Kier molecular flexibility index (Phi) is 5.34. The highest BCUT2D eigenvalue weighted by Gasteiger charge is 2.23. The lowest BCUT2D eigenvalue weighted by Crippen LogP contribution is -2.29. The van der Waals surface area contributed by atoms with E-state index in [-0.39, 0.29) is 11.9 Å². The van der Waals surface area contributed by atoms with E-state index in [1.807, 2.05) is 26.2 Å². The molecule has 1 saturated heterocycles. The molecule has 1 N–H and O–H groups in total. The number of nitrogens with zero attached hydrogens (tertiary/aromatic N) is 4. The molecule has 1 aliphatic rings. The number of hydrogen-bond acceptors (Lipinski definition) is 5. The van der Waals surface area contributed by atoms with Crippen molar-refractivity contribution in [2.24, 2.45) is 0 Å². The van der Waals surface area contributed by atoms with Crippen LogP contribution in [0.2, 0.25) is 0 Å². The summed E-state index contributed by atoms with van der Waals surface area (Å²) in [6.07, 6.45) is 5.60. The van der Waals surface area contributed by atoms with Gasteiger partial charge in [0.25, 0.3) is 0 Å². The van der Waals surface area contributed by atoms with Crippen LogP contribution in [-0.4, -0.2) is 38.7 Å². The van der Waals surface area contributed by atoms with Crippen LogP contribution in [0.3, 0.4) is 0 Å². The highest BCUT2D eigenvalue weighted by Crippen LogP contribution is 2.34. The lowest BCUT2D eigenvalue weighted by atomic mass is 10.0. The minimum Gasteiger partial charge on any atom is -0.461 e. The smallest absolute Gasteiger partial charge is 0.317 e. The van der Waals surface area contributed by atoms with Crippen LogP contribution in [0.25, 0.3) is 22.6 Å². The number of piperidine rings is 1. The van der Waals surface area contributed by atoms with E-state index in [0.29, 0.717) is 12.1 Å². The molecule has 0 bridgehead atoms. The molecule has 1 aliphatic heterocycles. The van der Waals surface area contributed by atoms with Crippen LogP contribution in [0.4, 0.5) is 4.39 Å². The van der Waals surface area contributed by atoms with Crippen LogP contribution in [0.5, 0.6) is 6.01 Å². The van der Waals surface area contributed by atoms with Gasteiger partial charge < -0.3 is 14.6 Å². The van der Waals surface area contributed by atoms with E-state index < -0.39 is 0 Å². The van der Waals surface area contributed by atoms with Gasteiger partial charge >= 0.3 is 6.01 Å². The predicted molar refractivity (Wildman–Crippen MR) is 106 cm³/mol. The average molecular weight is 381 g/mol. The molecule has 0 atom stereocenters. The molecule has 7 heteroatoms. The SMILES string of the molecule is CC(C)Oc1nccc(-c2c(-c3ccc(F)cc3)ncn2C2CCNCC2)n1. The minimum atomic E-state index is -0.266. The molecule has 0 amide bonds. The van der Waals surface area contributed by atoms with Gasteiger partial charge in [-0.1, -0.05) is 0 Å². The van der Waals surface area contributed by atoms with Crippen LogP contribution in [0.1, 0.15) is 32.7 Å². The number of rotatable bonds is 5. The molecule has 28 heavy (non-hydrogen) atoms. The van der Waals surface area contributed by atoms with E-state index in [1.54, 1.807) is 18.3 Å². The molecular formula is C21H24FN5O. The normalized spacial score (nSPS) is 15.1. The van der Waals surface area contributed by atoms with E-state index in [0.717, 1.165) is 48.6 Å². The summed E-state index contributed by atoms with van der Waals surface area (Å²) in [5, 5.41) is 3.40. The van der Waals surface area contributed by atoms with Gasteiger partial charge in [-0.25, -0.2) is 14.4 Å². The zero-order valence-corrected chi connectivity index (χ0v) is 16.1. The Balaban J connectivity index is 1.82. The first kappa shape index (κ1) is 18.6. The standard InChI is InChI=1S/C21H24FN5O/c1-14(2)28-21-24-12-9-18(26-21)20-19(15-3-5-16(22)6-4-15)25-13-27(20)17-7-10-23-11-8-17/h3-6,9,12-14,17,23H,7-8,10-11H2,1-2H3. The van der Waals surface area contributed by atoms with E-state index >= 15 is 0 Å². The molecule has 146 valence electrons. The van der Waals surface area contributed by atoms with E-state index in [4.69, 9.17) is 4.74 Å². The Morgan fingerprint density at radius 1 is 1.11 bits per heavy atom. The summed E-state index contributed by atoms with van der Waals surface area (Å²) in [4.78, 5) is 13.5. The maximum atomic E-state index is 13.4. The topological polar surface area (TPSA) is 64.9 Å². The third-order valence-corrected chi connectivity index (χ3v) is 4.83. The molecule has 2 aromatic heterocycles. The fourth-order valence-electron chi connectivity index (χ4n) is 3.54. The molecule has 3 heterocycles. The molecule has 0 saturated carbocycles. The van der Waals surface area contributed by atoms with Crippen molar-refractivity contribution in [3.8, 4) is 28.7 Å². The zero-order chi connectivity index (χ0) is 19.5. The van der Waals surface area contributed by atoms with Crippen molar-refractivity contribution in [1.29, 1.82) is 0 Å². The van der Waals surface area contributed by atoms with Gasteiger partial charge in [0.05, 0.1) is 29.5 Å². The van der Waals surface area contributed by atoms with Gasteiger partial charge in [-0.2, -0.15) is 4.98 Å². The highest BCUT2D eigenvalue weighted by molar-refractivity contribution is 5.77.